The third-order valence-electron chi connectivity index (χ3n) is 4.17. The molecule has 4 rings (SSSR count). The lowest BCUT2D eigenvalue weighted by Gasteiger charge is -2.07. The topological polar surface area (TPSA) is 81.5 Å². The first-order valence-electron chi connectivity index (χ1n) is 7.79. The van der Waals surface area contributed by atoms with Gasteiger partial charge in [-0.3, -0.25) is 4.40 Å². The zero-order valence-corrected chi connectivity index (χ0v) is 14.2. The second-order valence-corrected chi connectivity index (χ2v) is 5.85. The molecule has 0 aromatic carbocycles. The quantitative estimate of drug-likeness (QED) is 0.534. The van der Waals surface area contributed by atoms with Gasteiger partial charge in [-0.15, -0.1) is 0 Å². The molecule has 0 amide bonds. The van der Waals surface area contributed by atoms with Gasteiger partial charge in [0, 0.05) is 23.5 Å². The molecular weight excluding hydrogens is 316 g/mol. The molecule has 0 atom stereocenters. The van der Waals surface area contributed by atoms with Gasteiger partial charge in [-0.2, -0.15) is 0 Å². The summed E-state index contributed by atoms with van der Waals surface area (Å²) in [6.07, 6.45) is 5.56. The van der Waals surface area contributed by atoms with Crippen LogP contribution in [0.15, 0.2) is 40.2 Å². The Bertz CT molecular complexity index is 1090. The predicted molar refractivity (Wildman–Crippen MR) is 95.1 cm³/mol. The van der Waals surface area contributed by atoms with Gasteiger partial charge in [0.15, 0.2) is 0 Å². The van der Waals surface area contributed by atoms with Crippen LogP contribution in [0.1, 0.15) is 17.0 Å². The number of aromatic nitrogens is 5. The van der Waals surface area contributed by atoms with E-state index in [1.165, 1.54) is 0 Å². The Labute approximate surface area is 144 Å². The molecule has 0 spiro atoms. The van der Waals surface area contributed by atoms with E-state index in [1.807, 2.05) is 43.5 Å². The maximum absolute atomic E-state index is 5.29. The van der Waals surface area contributed by atoms with Crippen LogP contribution < -0.4 is 0 Å². The zero-order chi connectivity index (χ0) is 17.6. The highest BCUT2D eigenvalue weighted by Gasteiger charge is 2.15. The standard InChI is InChI=1S/C18H16N6O/c1-10-7-21-18(19-4)22-17(10)14-8-20-15-6-5-13(9-24(14)15)16-11(2)23-25-12(16)3/h5-9H,4H2,1-3H3. The number of hydrogen-bond donors (Lipinski definition) is 0. The summed E-state index contributed by atoms with van der Waals surface area (Å²) in [5, 5.41) is 4.04. The lowest BCUT2D eigenvalue weighted by molar-refractivity contribution is 0.393. The van der Waals surface area contributed by atoms with Crippen molar-refractivity contribution in [2.75, 3.05) is 0 Å². The van der Waals surface area contributed by atoms with Crippen molar-refractivity contribution in [2.45, 2.75) is 20.8 Å². The third-order valence-corrected chi connectivity index (χ3v) is 4.17. The van der Waals surface area contributed by atoms with E-state index < -0.39 is 0 Å². The van der Waals surface area contributed by atoms with E-state index in [-0.39, 0.29) is 0 Å². The Kier molecular flexibility index (Phi) is 3.42. The zero-order valence-electron chi connectivity index (χ0n) is 14.2. The first-order valence-corrected chi connectivity index (χ1v) is 7.79. The summed E-state index contributed by atoms with van der Waals surface area (Å²) in [6, 6.07) is 3.98. The molecule has 0 aliphatic heterocycles. The molecule has 0 radical (unpaired) electrons. The van der Waals surface area contributed by atoms with E-state index in [2.05, 4.69) is 31.8 Å². The Morgan fingerprint density at radius 1 is 1.12 bits per heavy atom. The maximum Gasteiger partial charge on any atom is 0.249 e. The van der Waals surface area contributed by atoms with Gasteiger partial charge < -0.3 is 4.52 Å². The monoisotopic (exact) mass is 332 g/mol. The molecule has 0 aliphatic carbocycles. The highest BCUT2D eigenvalue weighted by Crippen LogP contribution is 2.29. The Morgan fingerprint density at radius 3 is 2.68 bits per heavy atom. The summed E-state index contributed by atoms with van der Waals surface area (Å²) in [7, 11) is 0. The van der Waals surface area contributed by atoms with E-state index in [1.54, 1.807) is 12.4 Å². The molecular formula is C18H16N6O. The highest BCUT2D eigenvalue weighted by atomic mass is 16.5. The first-order chi connectivity index (χ1) is 12.1. The molecule has 0 fully saturated rings. The number of rotatable bonds is 3. The molecule has 7 heteroatoms. The number of imidazole rings is 1. The smallest absolute Gasteiger partial charge is 0.249 e. The van der Waals surface area contributed by atoms with E-state index in [0.29, 0.717) is 5.95 Å². The second kappa shape index (κ2) is 5.62. The summed E-state index contributed by atoms with van der Waals surface area (Å²) in [4.78, 5) is 16.9. The summed E-state index contributed by atoms with van der Waals surface area (Å²) in [6.45, 7) is 9.30. The number of fused-ring (bicyclic) bond motifs is 1. The van der Waals surface area contributed by atoms with Crippen LogP contribution in [0.25, 0.3) is 28.2 Å². The van der Waals surface area contributed by atoms with Gasteiger partial charge in [0.2, 0.25) is 5.95 Å². The van der Waals surface area contributed by atoms with Crippen LogP contribution in [0.3, 0.4) is 0 Å². The molecule has 124 valence electrons. The minimum absolute atomic E-state index is 0.345. The number of aliphatic imine (C=N–C) groups is 1. The van der Waals surface area contributed by atoms with Gasteiger partial charge in [-0.05, 0) is 45.2 Å². The third kappa shape index (κ3) is 2.40. The van der Waals surface area contributed by atoms with Crippen LogP contribution in [0.4, 0.5) is 5.95 Å². The van der Waals surface area contributed by atoms with Crippen molar-refractivity contribution in [3.05, 3.63) is 47.7 Å². The van der Waals surface area contributed by atoms with E-state index >= 15 is 0 Å². The largest absolute Gasteiger partial charge is 0.361 e. The number of nitrogens with zero attached hydrogens (tertiary/aromatic N) is 6. The van der Waals surface area contributed by atoms with Crippen molar-refractivity contribution < 1.29 is 4.52 Å². The van der Waals surface area contributed by atoms with Gasteiger partial charge >= 0.3 is 0 Å². The Balaban J connectivity index is 1.95. The van der Waals surface area contributed by atoms with Crippen molar-refractivity contribution in [3.63, 3.8) is 0 Å². The fourth-order valence-electron chi connectivity index (χ4n) is 2.97. The van der Waals surface area contributed by atoms with Crippen LogP contribution in [0.5, 0.6) is 0 Å². The SMILES string of the molecule is C=Nc1ncc(C)c(-c2cnc3ccc(-c4c(C)noc4C)cn23)n1. The molecule has 0 aliphatic rings. The van der Waals surface area contributed by atoms with Gasteiger partial charge in [-0.1, -0.05) is 5.16 Å². The minimum atomic E-state index is 0.345. The molecule has 4 aromatic rings. The lowest BCUT2D eigenvalue weighted by atomic mass is 10.1. The van der Waals surface area contributed by atoms with Crippen molar-refractivity contribution in [3.8, 4) is 22.5 Å². The van der Waals surface area contributed by atoms with Gasteiger partial charge in [0.1, 0.15) is 11.4 Å². The molecule has 4 aromatic heterocycles. The average molecular weight is 332 g/mol. The number of pyridine rings is 1. The molecule has 25 heavy (non-hydrogen) atoms. The van der Waals surface area contributed by atoms with Gasteiger partial charge in [-0.25, -0.2) is 19.9 Å². The Hall–Kier alpha value is -3.35. The van der Waals surface area contributed by atoms with Crippen LogP contribution >= 0.6 is 0 Å². The predicted octanol–water partition coefficient (Wildman–Crippen LogP) is 3.70. The fraction of sp³-hybridized carbons (Fsp3) is 0.167. The molecule has 0 unspecified atom stereocenters. The minimum Gasteiger partial charge on any atom is -0.361 e. The number of aryl methyl sites for hydroxylation is 3. The van der Waals surface area contributed by atoms with Crippen molar-refractivity contribution >= 4 is 18.3 Å². The normalized spacial score (nSPS) is 11.2. The number of hydrogen-bond acceptors (Lipinski definition) is 6. The fourth-order valence-corrected chi connectivity index (χ4v) is 2.97. The van der Waals surface area contributed by atoms with E-state index in [0.717, 1.165) is 45.2 Å². The average Bonchev–Trinajstić information content (AvgIpc) is 3.18. The molecule has 0 N–H and O–H groups in total. The lowest BCUT2D eigenvalue weighted by Crippen LogP contribution is -1.96. The van der Waals surface area contributed by atoms with Crippen LogP contribution in [0.2, 0.25) is 0 Å². The summed E-state index contributed by atoms with van der Waals surface area (Å²) in [5.41, 5.74) is 6.28. The van der Waals surface area contributed by atoms with Crippen molar-refractivity contribution in [1.29, 1.82) is 0 Å². The van der Waals surface area contributed by atoms with Crippen LogP contribution in [-0.2, 0) is 0 Å². The van der Waals surface area contributed by atoms with E-state index in [9.17, 15) is 0 Å². The van der Waals surface area contributed by atoms with Crippen LogP contribution in [-0.4, -0.2) is 31.2 Å². The van der Waals surface area contributed by atoms with Crippen molar-refractivity contribution in [2.24, 2.45) is 4.99 Å². The van der Waals surface area contributed by atoms with Crippen LogP contribution in [0, 0.1) is 20.8 Å². The van der Waals surface area contributed by atoms with E-state index in [4.69, 9.17) is 4.52 Å². The van der Waals surface area contributed by atoms with Gasteiger partial charge in [0.05, 0.1) is 23.3 Å². The maximum atomic E-state index is 5.29. The summed E-state index contributed by atoms with van der Waals surface area (Å²) >= 11 is 0. The molecule has 0 saturated heterocycles. The van der Waals surface area contributed by atoms with Crippen molar-refractivity contribution in [1.82, 2.24) is 24.5 Å². The highest BCUT2D eigenvalue weighted by molar-refractivity contribution is 5.71. The Morgan fingerprint density at radius 2 is 1.96 bits per heavy atom. The van der Waals surface area contributed by atoms with Gasteiger partial charge in [0.25, 0.3) is 0 Å². The second-order valence-electron chi connectivity index (χ2n) is 5.85. The molecule has 7 nitrogen and oxygen atoms in total. The first kappa shape index (κ1) is 15.2. The molecule has 0 saturated carbocycles. The molecule has 4 heterocycles. The summed E-state index contributed by atoms with van der Waals surface area (Å²) < 4.78 is 7.30. The molecule has 0 bridgehead atoms. The summed E-state index contributed by atoms with van der Waals surface area (Å²) in [5.74, 6) is 1.13.